The van der Waals surface area contributed by atoms with Crippen molar-refractivity contribution < 1.29 is 8.42 Å². The first kappa shape index (κ1) is 20.7. The molecule has 0 bridgehead atoms. The Labute approximate surface area is 149 Å². The van der Waals surface area contributed by atoms with E-state index in [-0.39, 0.29) is 12.3 Å². The van der Waals surface area contributed by atoms with Crippen molar-refractivity contribution in [1.29, 1.82) is 0 Å². The predicted octanol–water partition coefficient (Wildman–Crippen LogP) is 3.27. The van der Waals surface area contributed by atoms with Crippen LogP contribution in [0.3, 0.4) is 0 Å². The summed E-state index contributed by atoms with van der Waals surface area (Å²) in [4.78, 5) is 0. The fraction of sp³-hybridized carbons (Fsp3) is 0.333. The van der Waals surface area contributed by atoms with Crippen LogP contribution in [0.1, 0.15) is 18.1 Å². The van der Waals surface area contributed by atoms with Crippen LogP contribution < -0.4 is 10.5 Å². The molecule has 0 aromatic heterocycles. The minimum atomic E-state index is -3.30. The van der Waals surface area contributed by atoms with E-state index in [1.54, 1.807) is 0 Å². The lowest BCUT2D eigenvalue weighted by atomic mass is 10.0. The summed E-state index contributed by atoms with van der Waals surface area (Å²) < 4.78 is 26.2. The summed E-state index contributed by atoms with van der Waals surface area (Å²) in [6, 6.07) is 12.4. The highest BCUT2D eigenvalue weighted by atomic mass is 32.2. The maximum Gasteiger partial charge on any atom is 0.213 e. The fourth-order valence-electron chi connectivity index (χ4n) is 2.26. The maximum absolute atomic E-state index is 11.8. The summed E-state index contributed by atoms with van der Waals surface area (Å²) in [5.41, 5.74) is 7.54. The number of benzene rings is 2. The number of hydrogen-bond donors (Lipinski definition) is 2. The molecule has 0 atom stereocenters. The molecule has 2 aromatic rings. The van der Waals surface area contributed by atoms with E-state index in [4.69, 9.17) is 5.73 Å². The van der Waals surface area contributed by atoms with Crippen molar-refractivity contribution >= 4 is 32.6 Å². The van der Waals surface area contributed by atoms with Crippen LogP contribution in [0.25, 0.3) is 10.8 Å². The van der Waals surface area contributed by atoms with Gasteiger partial charge in [0, 0.05) is 18.8 Å². The Bertz CT molecular complexity index is 746. The second-order valence-corrected chi connectivity index (χ2v) is 8.23. The third-order valence-corrected chi connectivity index (χ3v) is 5.68. The highest BCUT2D eigenvalue weighted by Crippen LogP contribution is 2.24. The molecule has 0 aliphatic rings. The molecule has 0 saturated heterocycles. The molecule has 0 unspecified atom stereocenters. The molecule has 0 saturated carbocycles. The van der Waals surface area contributed by atoms with Crippen LogP contribution in [0, 0.1) is 0 Å². The van der Waals surface area contributed by atoms with Crippen molar-refractivity contribution in [2.45, 2.75) is 19.2 Å². The predicted molar refractivity (Wildman–Crippen MR) is 107 cm³/mol. The minimum absolute atomic E-state index is 0.0420. The molecule has 0 aliphatic carbocycles. The number of sulfonamides is 1. The molecule has 6 heteroatoms. The van der Waals surface area contributed by atoms with Gasteiger partial charge < -0.3 is 5.73 Å². The molecular formula is C18H26N2O2S2. The van der Waals surface area contributed by atoms with Crippen LogP contribution in [0.5, 0.6) is 0 Å². The van der Waals surface area contributed by atoms with Crippen LogP contribution in [0.2, 0.25) is 0 Å². The molecule has 4 nitrogen and oxygen atoms in total. The van der Waals surface area contributed by atoms with Gasteiger partial charge in [0.1, 0.15) is 0 Å². The van der Waals surface area contributed by atoms with Gasteiger partial charge in [-0.25, -0.2) is 13.1 Å². The summed E-state index contributed by atoms with van der Waals surface area (Å²) in [7, 11) is -3.30. The monoisotopic (exact) mass is 366 g/mol. The van der Waals surface area contributed by atoms with Crippen LogP contribution in [-0.4, -0.2) is 26.5 Å². The number of fused-ring (bicyclic) bond motifs is 1. The van der Waals surface area contributed by atoms with Gasteiger partial charge >= 0.3 is 0 Å². The molecule has 0 heterocycles. The Morgan fingerprint density at radius 3 is 2.25 bits per heavy atom. The molecule has 0 aliphatic heterocycles. The van der Waals surface area contributed by atoms with Crippen LogP contribution >= 0.6 is 11.8 Å². The highest BCUT2D eigenvalue weighted by molar-refractivity contribution is 7.98. The number of hydrogen-bond acceptors (Lipinski definition) is 4. The van der Waals surface area contributed by atoms with Crippen LogP contribution in [0.4, 0.5) is 0 Å². The molecule has 0 radical (unpaired) electrons. The van der Waals surface area contributed by atoms with Crippen molar-refractivity contribution in [3.05, 3.63) is 60.7 Å². The van der Waals surface area contributed by atoms with Crippen molar-refractivity contribution in [2.75, 3.05) is 18.1 Å². The third-order valence-electron chi connectivity index (χ3n) is 3.40. The van der Waals surface area contributed by atoms with Gasteiger partial charge in [-0.15, -0.1) is 13.2 Å². The summed E-state index contributed by atoms with van der Waals surface area (Å²) in [5.74, 6) is 1.88. The Morgan fingerprint density at radius 1 is 1.12 bits per heavy atom. The topological polar surface area (TPSA) is 72.2 Å². The van der Waals surface area contributed by atoms with E-state index in [1.165, 1.54) is 10.9 Å². The van der Waals surface area contributed by atoms with Gasteiger partial charge in [-0.1, -0.05) is 31.2 Å². The molecule has 2 aromatic carbocycles. The first-order valence-electron chi connectivity index (χ1n) is 7.81. The van der Waals surface area contributed by atoms with Crippen LogP contribution in [0.15, 0.2) is 49.6 Å². The van der Waals surface area contributed by atoms with Crippen molar-refractivity contribution in [3.63, 3.8) is 0 Å². The first-order chi connectivity index (χ1) is 11.6. The minimum Gasteiger partial charge on any atom is -0.329 e. The van der Waals surface area contributed by atoms with Crippen molar-refractivity contribution in [3.8, 4) is 0 Å². The van der Waals surface area contributed by atoms with Gasteiger partial charge in [-0.2, -0.15) is 11.8 Å². The third kappa shape index (κ3) is 6.28. The zero-order valence-electron chi connectivity index (χ0n) is 14.1. The first-order valence-corrected chi connectivity index (χ1v) is 10.6. The fourth-order valence-corrected chi connectivity index (χ4v) is 3.78. The number of nitrogens with two attached hydrogens (primary N) is 1. The Hall–Kier alpha value is -1.34. The highest BCUT2D eigenvalue weighted by Gasteiger charge is 2.11. The zero-order chi connectivity index (χ0) is 18.0. The number of nitrogens with one attached hydrogen (secondary N) is 1. The van der Waals surface area contributed by atoms with E-state index < -0.39 is 10.0 Å². The lowest BCUT2D eigenvalue weighted by molar-refractivity contribution is 0.581. The zero-order valence-corrected chi connectivity index (χ0v) is 15.8. The van der Waals surface area contributed by atoms with Crippen LogP contribution in [-0.2, 0) is 22.3 Å². The maximum atomic E-state index is 11.8. The smallest absolute Gasteiger partial charge is 0.213 e. The largest absolute Gasteiger partial charge is 0.329 e. The van der Waals surface area contributed by atoms with Gasteiger partial charge in [0.2, 0.25) is 10.0 Å². The number of rotatable bonds is 8. The van der Waals surface area contributed by atoms with E-state index in [9.17, 15) is 8.42 Å². The molecule has 0 amide bonds. The molecule has 0 fully saturated rings. The van der Waals surface area contributed by atoms with Gasteiger partial charge in [-0.3, -0.25) is 0 Å². The Morgan fingerprint density at radius 2 is 1.71 bits per heavy atom. The summed E-state index contributed by atoms with van der Waals surface area (Å²) in [6.07, 6.45) is 0. The molecule has 24 heavy (non-hydrogen) atoms. The molecule has 2 rings (SSSR count). The number of thioether (sulfide) groups is 1. The van der Waals surface area contributed by atoms with Gasteiger partial charge in [0.15, 0.2) is 0 Å². The lowest BCUT2D eigenvalue weighted by Crippen LogP contribution is -2.29. The van der Waals surface area contributed by atoms with E-state index in [0.717, 1.165) is 22.5 Å². The Kier molecular flexibility index (Phi) is 9.07. The molecule has 132 valence electrons. The quantitative estimate of drug-likeness (QED) is 0.703. The molecule has 3 N–H and O–H groups in total. The van der Waals surface area contributed by atoms with E-state index >= 15 is 0 Å². The normalized spacial score (nSPS) is 11.1. The molecule has 0 spiro atoms. The standard InChI is InChI=1S/C16H22N2O2S2.C2H4/c1-2-21-12-16-10-14-6-4-3-5-13(14)9-15(16)11-18-22(19,20)8-7-17;1-2/h3-6,9-10,18H,2,7-8,11-12,17H2,1H3;1-2H2. The van der Waals surface area contributed by atoms with Gasteiger partial charge in [-0.05, 0) is 39.8 Å². The second kappa shape index (κ2) is 10.5. The average Bonchev–Trinajstić information content (AvgIpc) is 2.59. The Balaban J connectivity index is 0.00000139. The molecular weight excluding hydrogens is 340 g/mol. The van der Waals surface area contributed by atoms with Gasteiger partial charge in [0.05, 0.1) is 5.75 Å². The second-order valence-electron chi connectivity index (χ2n) is 5.03. The summed E-state index contributed by atoms with van der Waals surface area (Å²) in [5, 5.41) is 2.31. The summed E-state index contributed by atoms with van der Waals surface area (Å²) >= 11 is 1.83. The SMILES string of the molecule is C=C.CCSCc1cc2ccccc2cc1CNS(=O)(=O)CCN. The van der Waals surface area contributed by atoms with E-state index in [2.05, 4.69) is 43.0 Å². The van der Waals surface area contributed by atoms with E-state index in [1.807, 2.05) is 30.0 Å². The summed E-state index contributed by atoms with van der Waals surface area (Å²) in [6.45, 7) is 8.56. The van der Waals surface area contributed by atoms with Crippen molar-refractivity contribution in [2.24, 2.45) is 5.73 Å². The lowest BCUT2D eigenvalue weighted by Gasteiger charge is -2.12. The van der Waals surface area contributed by atoms with E-state index in [0.29, 0.717) is 6.54 Å². The van der Waals surface area contributed by atoms with Crippen molar-refractivity contribution in [1.82, 2.24) is 4.72 Å². The van der Waals surface area contributed by atoms with Gasteiger partial charge in [0.25, 0.3) is 0 Å². The average molecular weight is 367 g/mol.